The number of hydrogen-bond donors (Lipinski definition) is 1. The molecule has 8 nitrogen and oxygen atoms in total. The first-order chi connectivity index (χ1) is 19.0. The fourth-order valence-corrected chi connectivity index (χ4v) is 5.32. The third-order valence-electron chi connectivity index (χ3n) is 6.14. The van der Waals surface area contributed by atoms with Gasteiger partial charge in [0.1, 0.15) is 6.04 Å². The third-order valence-corrected chi connectivity index (χ3v) is 7.40. The number of nitrogens with zero attached hydrogens (tertiary/aromatic N) is 3. The molecule has 0 spiro atoms. The minimum Gasteiger partial charge on any atom is -0.490 e. The molecule has 208 valence electrons. The second kappa shape index (κ2) is 13.8. The van der Waals surface area contributed by atoms with E-state index in [0.717, 1.165) is 30.4 Å². The molecular formula is C29H35ClN4O4S. The number of rotatable bonds is 13. The zero-order valence-corrected chi connectivity index (χ0v) is 24.4. The second-order valence-electron chi connectivity index (χ2n) is 9.09. The first-order valence-electron chi connectivity index (χ1n) is 13.3. The van der Waals surface area contributed by atoms with E-state index in [1.54, 1.807) is 4.68 Å². The largest absolute Gasteiger partial charge is 0.490 e. The first kappa shape index (κ1) is 28.8. The minimum absolute atomic E-state index is 0.333. The molecule has 0 amide bonds. The van der Waals surface area contributed by atoms with Gasteiger partial charge >= 0.3 is 5.97 Å². The van der Waals surface area contributed by atoms with Crippen molar-refractivity contribution in [2.75, 3.05) is 25.1 Å². The van der Waals surface area contributed by atoms with Gasteiger partial charge in [-0.25, -0.2) is 9.48 Å². The normalized spacial score (nSPS) is 14.5. The molecular weight excluding hydrogens is 536 g/mol. The highest BCUT2D eigenvalue weighted by molar-refractivity contribution is 7.98. The molecule has 1 unspecified atom stereocenters. The summed E-state index contributed by atoms with van der Waals surface area (Å²) in [5.74, 6) is 2.07. The van der Waals surface area contributed by atoms with Crippen LogP contribution in [-0.4, -0.2) is 40.6 Å². The predicted octanol–water partition coefficient (Wildman–Crippen LogP) is 7.04. The standard InChI is InChI=1S/C29H35ClN4O4S/c1-5-8-16-37-23-14-13-20(17-24(23)36-7-3)26-25(27(35)38-15-6-2)19(4)31-28-32-29(33-34(26)28)39-18-21-11-9-10-12-22(21)30/h9-14,17,26H,5-8,15-16,18H2,1-4H3,(H,31,32,33). The number of fused-ring (bicyclic) bond motifs is 1. The molecule has 0 saturated heterocycles. The third kappa shape index (κ3) is 6.89. The van der Waals surface area contributed by atoms with Crippen LogP contribution in [0, 0.1) is 0 Å². The lowest BCUT2D eigenvalue weighted by atomic mass is 9.95. The van der Waals surface area contributed by atoms with Gasteiger partial charge in [0.15, 0.2) is 11.5 Å². The summed E-state index contributed by atoms with van der Waals surface area (Å²) in [6.45, 7) is 9.30. The molecule has 3 aromatic rings. The number of benzene rings is 2. The van der Waals surface area contributed by atoms with Crippen LogP contribution in [-0.2, 0) is 15.3 Å². The van der Waals surface area contributed by atoms with Gasteiger partial charge in [0.05, 0.1) is 25.4 Å². The van der Waals surface area contributed by atoms with Gasteiger partial charge in [-0.3, -0.25) is 0 Å². The van der Waals surface area contributed by atoms with Crippen LogP contribution in [0.25, 0.3) is 0 Å². The van der Waals surface area contributed by atoms with E-state index in [0.29, 0.717) is 64.5 Å². The zero-order chi connectivity index (χ0) is 27.8. The topological polar surface area (TPSA) is 87.5 Å². The molecule has 2 heterocycles. The quantitative estimate of drug-likeness (QED) is 0.133. The monoisotopic (exact) mass is 570 g/mol. The minimum atomic E-state index is -0.559. The summed E-state index contributed by atoms with van der Waals surface area (Å²) < 4.78 is 19.3. The molecule has 0 aliphatic carbocycles. The molecule has 0 bridgehead atoms. The number of ether oxygens (including phenoxy) is 3. The molecule has 10 heteroatoms. The highest BCUT2D eigenvalue weighted by Crippen LogP contribution is 2.40. The van der Waals surface area contributed by atoms with Crippen molar-refractivity contribution in [2.45, 2.75) is 63.9 Å². The van der Waals surface area contributed by atoms with Crippen molar-refractivity contribution in [3.8, 4) is 11.5 Å². The number of carbonyl (C=O) groups excluding carboxylic acids is 1. The van der Waals surface area contributed by atoms with Crippen LogP contribution in [0.5, 0.6) is 11.5 Å². The lowest BCUT2D eigenvalue weighted by Gasteiger charge is -2.28. The van der Waals surface area contributed by atoms with E-state index in [4.69, 9.17) is 35.9 Å². The Morgan fingerprint density at radius 1 is 1.08 bits per heavy atom. The SMILES string of the molecule is CCCCOc1ccc(C2C(C(=O)OCCC)=C(C)Nc3nc(SCc4ccccc4Cl)nn32)cc1OCC. The van der Waals surface area contributed by atoms with E-state index in [1.807, 2.05) is 63.2 Å². The van der Waals surface area contributed by atoms with Crippen molar-refractivity contribution in [3.63, 3.8) is 0 Å². The Bertz CT molecular complexity index is 1330. The van der Waals surface area contributed by atoms with Gasteiger partial charge in [0.25, 0.3) is 0 Å². The summed E-state index contributed by atoms with van der Waals surface area (Å²) in [6.07, 6.45) is 2.72. The smallest absolute Gasteiger partial charge is 0.338 e. The number of allylic oxidation sites excluding steroid dienone is 1. The number of unbranched alkanes of at least 4 members (excludes halogenated alkanes) is 1. The molecule has 1 N–H and O–H groups in total. The molecule has 0 radical (unpaired) electrons. The number of nitrogens with one attached hydrogen (secondary N) is 1. The van der Waals surface area contributed by atoms with Gasteiger partial charge in [-0.1, -0.05) is 67.9 Å². The molecule has 1 aromatic heterocycles. The number of halogens is 1. The summed E-state index contributed by atoms with van der Waals surface area (Å²) in [5.41, 5.74) is 2.97. The van der Waals surface area contributed by atoms with Gasteiger partial charge in [-0.15, -0.1) is 5.10 Å². The summed E-state index contributed by atoms with van der Waals surface area (Å²) in [5, 5.41) is 9.34. The Morgan fingerprint density at radius 3 is 2.64 bits per heavy atom. The molecule has 0 saturated carbocycles. The predicted molar refractivity (Wildman–Crippen MR) is 155 cm³/mol. The van der Waals surface area contributed by atoms with Crippen molar-refractivity contribution >= 4 is 35.3 Å². The lowest BCUT2D eigenvalue weighted by Crippen LogP contribution is -2.29. The highest BCUT2D eigenvalue weighted by atomic mass is 35.5. The van der Waals surface area contributed by atoms with Crippen LogP contribution >= 0.6 is 23.4 Å². The molecule has 1 aliphatic heterocycles. The Labute approximate surface area is 239 Å². The van der Waals surface area contributed by atoms with Crippen LogP contribution < -0.4 is 14.8 Å². The van der Waals surface area contributed by atoms with Crippen molar-refractivity contribution < 1.29 is 19.0 Å². The Hall–Kier alpha value is -3.17. The van der Waals surface area contributed by atoms with E-state index >= 15 is 0 Å². The molecule has 1 aliphatic rings. The summed E-state index contributed by atoms with van der Waals surface area (Å²) in [7, 11) is 0. The zero-order valence-electron chi connectivity index (χ0n) is 22.8. The molecule has 0 fully saturated rings. The van der Waals surface area contributed by atoms with E-state index in [1.165, 1.54) is 11.8 Å². The van der Waals surface area contributed by atoms with Crippen LogP contribution in [0.2, 0.25) is 5.02 Å². The maximum Gasteiger partial charge on any atom is 0.338 e. The lowest BCUT2D eigenvalue weighted by molar-refractivity contribution is -0.139. The number of aromatic nitrogens is 3. The van der Waals surface area contributed by atoms with Gasteiger partial charge in [-0.05, 0) is 56.0 Å². The average molecular weight is 571 g/mol. The number of thioether (sulfide) groups is 1. The van der Waals surface area contributed by atoms with Gasteiger partial charge in [0, 0.05) is 16.5 Å². The molecule has 1 atom stereocenters. The Balaban J connectivity index is 1.71. The van der Waals surface area contributed by atoms with Crippen molar-refractivity contribution in [1.29, 1.82) is 0 Å². The average Bonchev–Trinajstić information content (AvgIpc) is 3.34. The van der Waals surface area contributed by atoms with Crippen molar-refractivity contribution in [3.05, 3.63) is 69.9 Å². The maximum atomic E-state index is 13.3. The fourth-order valence-electron chi connectivity index (χ4n) is 4.20. The van der Waals surface area contributed by atoms with Crippen LogP contribution in [0.3, 0.4) is 0 Å². The van der Waals surface area contributed by atoms with Crippen LogP contribution in [0.15, 0.2) is 58.9 Å². The molecule has 4 rings (SSSR count). The number of carbonyl (C=O) groups is 1. The van der Waals surface area contributed by atoms with E-state index in [9.17, 15) is 4.79 Å². The highest BCUT2D eigenvalue weighted by Gasteiger charge is 2.36. The van der Waals surface area contributed by atoms with E-state index in [-0.39, 0.29) is 5.97 Å². The summed E-state index contributed by atoms with van der Waals surface area (Å²) in [4.78, 5) is 18.0. The molecule has 2 aromatic carbocycles. The van der Waals surface area contributed by atoms with Gasteiger partial charge in [-0.2, -0.15) is 4.98 Å². The summed E-state index contributed by atoms with van der Waals surface area (Å²) >= 11 is 7.83. The molecule has 39 heavy (non-hydrogen) atoms. The van der Waals surface area contributed by atoms with Crippen molar-refractivity contribution in [1.82, 2.24) is 14.8 Å². The number of esters is 1. The first-order valence-corrected chi connectivity index (χ1v) is 14.7. The van der Waals surface area contributed by atoms with E-state index < -0.39 is 6.04 Å². The van der Waals surface area contributed by atoms with E-state index in [2.05, 4.69) is 12.2 Å². The van der Waals surface area contributed by atoms with Gasteiger partial charge in [0.2, 0.25) is 11.1 Å². The van der Waals surface area contributed by atoms with Gasteiger partial charge < -0.3 is 19.5 Å². The Kier molecular flexibility index (Phi) is 10.2. The summed E-state index contributed by atoms with van der Waals surface area (Å²) in [6, 6.07) is 12.9. The number of hydrogen-bond acceptors (Lipinski definition) is 8. The maximum absolute atomic E-state index is 13.3. The fraction of sp³-hybridized carbons (Fsp3) is 0.414. The van der Waals surface area contributed by atoms with Crippen LogP contribution in [0.4, 0.5) is 5.95 Å². The van der Waals surface area contributed by atoms with Crippen molar-refractivity contribution in [2.24, 2.45) is 0 Å². The Morgan fingerprint density at radius 2 is 1.90 bits per heavy atom. The second-order valence-corrected chi connectivity index (χ2v) is 10.4. The number of anilines is 1. The van der Waals surface area contributed by atoms with Crippen LogP contribution in [0.1, 0.15) is 64.1 Å².